The Bertz CT molecular complexity index is 3880. The molecule has 0 aromatic heterocycles. The molecule has 18 unspecified atom stereocenters. The normalized spacial score (nSPS) is 25.5. The molecular formula is C97H148O30. The van der Waals surface area contributed by atoms with Crippen LogP contribution in [0.1, 0.15) is 287 Å². The summed E-state index contributed by atoms with van der Waals surface area (Å²) in [5.74, 6) is -4.09. The Morgan fingerprint density at radius 1 is 0.543 bits per heavy atom. The molecule has 5 saturated carbocycles. The quantitative estimate of drug-likeness (QED) is 0.0186. The smallest absolute Gasteiger partial charge is 0.344 e. The summed E-state index contributed by atoms with van der Waals surface area (Å²) < 4.78 is 82.7. The average molecular weight is 1790 g/mol. The summed E-state index contributed by atoms with van der Waals surface area (Å²) >= 11 is 0. The van der Waals surface area contributed by atoms with Crippen LogP contribution in [-0.2, 0) is 119 Å². The molecule has 4 heterocycles. The molecule has 11 rings (SSSR count). The summed E-state index contributed by atoms with van der Waals surface area (Å²) in [5.41, 5.74) is -4.48. The SMILES string of the molecule is CCC(C)(C)C(=O)OC1C2CC3C(=O)OC1C3O2.CCC(C)(C)C(=O)OCC(=O)O.CCC(C)(C)C(=O)Oc1ccc(O)cc1.CCC(C)(C)C(=O)Oc1ccc(O)cc1.CCC(C)C(=O)OC1CC2CC(C(=O)OC(CC(C)OC)OCC3CCCCC3)C1C2.CCOC(OC(=O)C12CC3CC1C(OC2=O)C3OC(=O)COC(=O)C(C)(C)CC)C(CC)(CC)CC. The third-order valence-corrected chi connectivity index (χ3v) is 28.0. The van der Waals surface area contributed by atoms with Crippen LogP contribution in [0.3, 0.4) is 0 Å². The van der Waals surface area contributed by atoms with Gasteiger partial charge in [-0.1, -0.05) is 88.5 Å². The van der Waals surface area contributed by atoms with Crippen molar-refractivity contribution in [1.82, 2.24) is 0 Å². The third-order valence-electron chi connectivity index (χ3n) is 28.0. The summed E-state index contributed by atoms with van der Waals surface area (Å²) in [7, 11) is 1.66. The molecule has 18 atom stereocenters. The fraction of sp³-hybridized carbons (Fsp3) is 0.753. The minimum absolute atomic E-state index is 0.0478. The van der Waals surface area contributed by atoms with Gasteiger partial charge >= 0.3 is 71.6 Å². The van der Waals surface area contributed by atoms with Gasteiger partial charge in [0.05, 0.1) is 63.6 Å². The molecule has 2 aromatic rings. The van der Waals surface area contributed by atoms with E-state index >= 15 is 0 Å². The zero-order valence-corrected chi connectivity index (χ0v) is 79.6. The highest BCUT2D eigenvalue weighted by molar-refractivity contribution is 6.03. The molecular weight excluding hydrogens is 1650 g/mol. The van der Waals surface area contributed by atoms with Gasteiger partial charge < -0.3 is 86.4 Å². The van der Waals surface area contributed by atoms with Crippen molar-refractivity contribution < 1.29 is 144 Å². The lowest BCUT2D eigenvalue weighted by molar-refractivity contribution is -0.223. The predicted molar refractivity (Wildman–Crippen MR) is 464 cm³/mol. The van der Waals surface area contributed by atoms with Gasteiger partial charge in [0.15, 0.2) is 30.8 Å². The molecule has 9 fully saturated rings. The van der Waals surface area contributed by atoms with Gasteiger partial charge in [-0.3, -0.25) is 47.9 Å². The number of rotatable bonds is 37. The minimum atomic E-state index is -1.40. The predicted octanol–water partition coefficient (Wildman–Crippen LogP) is 16.4. The van der Waals surface area contributed by atoms with Crippen molar-refractivity contribution in [2.24, 2.45) is 85.2 Å². The number of phenolic OH excluding ortho intramolecular Hbond substituents is 2. The lowest BCUT2D eigenvalue weighted by atomic mass is 9.73. The maximum Gasteiger partial charge on any atom is 0.344 e. The Kier molecular flexibility index (Phi) is 40.0. The first-order chi connectivity index (χ1) is 59.6. The van der Waals surface area contributed by atoms with Crippen LogP contribution in [0.25, 0.3) is 0 Å². The van der Waals surface area contributed by atoms with Crippen LogP contribution in [0.4, 0.5) is 0 Å². The second-order valence-corrected chi connectivity index (χ2v) is 38.6. The number of benzene rings is 2. The number of methoxy groups -OCH3 is 1. The molecule has 0 spiro atoms. The van der Waals surface area contributed by atoms with Crippen molar-refractivity contribution in [2.75, 3.05) is 33.5 Å². The number of ether oxygens (including phenoxy) is 15. The van der Waals surface area contributed by atoms with Crippen molar-refractivity contribution in [3.8, 4) is 23.0 Å². The van der Waals surface area contributed by atoms with Crippen LogP contribution in [0, 0.1) is 85.2 Å². The van der Waals surface area contributed by atoms with Gasteiger partial charge in [0.2, 0.25) is 12.6 Å². The Morgan fingerprint density at radius 3 is 1.54 bits per heavy atom. The number of hydrogen-bond donors (Lipinski definition) is 3. The van der Waals surface area contributed by atoms with Crippen LogP contribution in [0.15, 0.2) is 48.5 Å². The molecule has 2 aromatic carbocycles. The molecule has 30 heteroatoms. The third kappa shape index (κ3) is 28.0. The van der Waals surface area contributed by atoms with Crippen LogP contribution >= 0.6 is 0 Å². The van der Waals surface area contributed by atoms with Crippen LogP contribution < -0.4 is 9.47 Å². The summed E-state index contributed by atoms with van der Waals surface area (Å²) in [6, 6.07) is 12.2. The maximum absolute atomic E-state index is 13.6. The number of esters is 11. The van der Waals surface area contributed by atoms with Crippen molar-refractivity contribution in [3.63, 3.8) is 0 Å². The summed E-state index contributed by atoms with van der Waals surface area (Å²) in [4.78, 5) is 145. The fourth-order valence-electron chi connectivity index (χ4n) is 16.6. The molecule has 4 saturated heterocycles. The van der Waals surface area contributed by atoms with E-state index in [4.69, 9.17) is 81.6 Å². The second-order valence-electron chi connectivity index (χ2n) is 38.6. The van der Waals surface area contributed by atoms with E-state index in [0.29, 0.717) is 75.1 Å². The van der Waals surface area contributed by atoms with E-state index in [0.717, 1.165) is 57.8 Å². The number of carboxylic acids is 1. The number of carbonyl (C=O) groups is 12. The van der Waals surface area contributed by atoms with Crippen molar-refractivity contribution in [2.45, 2.75) is 349 Å². The highest BCUT2D eigenvalue weighted by Gasteiger charge is 2.76. The number of carbonyl (C=O) groups excluding carboxylic acids is 11. The number of hydrogen-bond acceptors (Lipinski definition) is 29. The van der Waals surface area contributed by atoms with E-state index in [1.165, 1.54) is 56.4 Å². The fourth-order valence-corrected chi connectivity index (χ4v) is 16.6. The summed E-state index contributed by atoms with van der Waals surface area (Å²) in [6.07, 6.45) is 13.0. The van der Waals surface area contributed by atoms with Crippen molar-refractivity contribution >= 4 is 71.6 Å². The first-order valence-corrected chi connectivity index (χ1v) is 46.1. The van der Waals surface area contributed by atoms with Crippen LogP contribution in [0.5, 0.6) is 23.0 Å². The van der Waals surface area contributed by atoms with Crippen molar-refractivity contribution in [1.29, 1.82) is 0 Å². The summed E-state index contributed by atoms with van der Waals surface area (Å²) in [5, 5.41) is 26.3. The lowest BCUT2D eigenvalue weighted by Gasteiger charge is -2.39. The molecule has 0 amide bonds. The van der Waals surface area contributed by atoms with E-state index < -0.39 is 124 Å². The Morgan fingerprint density at radius 2 is 1.06 bits per heavy atom. The zero-order chi connectivity index (χ0) is 95.1. The maximum atomic E-state index is 13.6. The molecule has 5 aliphatic carbocycles. The molecule has 127 heavy (non-hydrogen) atoms. The standard InChI is InChI=1S/C27H42O9.C25H42O6.C13H18O5.2C12H16O3.C8H14O4/c1-8-25(6,7)21(29)33-15-18(28)34-19-16-13-17-20(19)35-22(30)27(17,14-16)23(31)36-24(32-12-5)26(9-2,10-3)11-4;1-5-16(2)24(26)30-22-14-19-12-20(22)21(13-19)25(27)31-23(11-17(3)28-4)29-15-18-9-7-6-8-10-18;1-4-13(2,3)12(15)18-9-7-5-6-8(16-7)10(9)17-11(6)14;2*1-4-12(2,3)11(14)15-10-7-5-9(13)6-8-10;1-4-8(2,3)7(11)12-5-6(9)10/h16-17,19-20,24H,8-15H2,1-7H3;16-23H,5-15H2,1-4H3;6-10H,4-5H2,1-3H3;2*5-8,13H,4H2,1-3H3;4-5H2,1-3H3,(H,9,10). The van der Waals surface area contributed by atoms with E-state index in [9.17, 15) is 57.5 Å². The molecule has 6 bridgehead atoms. The molecule has 716 valence electrons. The van der Waals surface area contributed by atoms with Gasteiger partial charge in [-0.2, -0.15) is 0 Å². The molecule has 4 aliphatic heterocycles. The van der Waals surface area contributed by atoms with Gasteiger partial charge in [-0.15, -0.1) is 0 Å². The number of fused-ring (bicyclic) bond motifs is 4. The lowest BCUT2D eigenvalue weighted by Crippen LogP contribution is -2.49. The topological polar surface area (TPSA) is 404 Å². The summed E-state index contributed by atoms with van der Waals surface area (Å²) in [6.45, 7) is 41.3. The monoisotopic (exact) mass is 1790 g/mol. The highest BCUT2D eigenvalue weighted by atomic mass is 16.7. The average Bonchev–Trinajstić information content (AvgIpc) is 1.53. The van der Waals surface area contributed by atoms with Gasteiger partial charge in [0.1, 0.15) is 47.4 Å². The van der Waals surface area contributed by atoms with Crippen LogP contribution in [-0.4, -0.2) is 182 Å². The van der Waals surface area contributed by atoms with Gasteiger partial charge in [-0.05, 0) is 253 Å². The second kappa shape index (κ2) is 47.4. The van der Waals surface area contributed by atoms with E-state index in [2.05, 4.69) is 4.74 Å². The largest absolute Gasteiger partial charge is 0.508 e. The number of phenols is 2. The van der Waals surface area contributed by atoms with Gasteiger partial charge in [0, 0.05) is 43.3 Å². The number of carboxylic acid groups (broad SMARTS) is 1. The minimum Gasteiger partial charge on any atom is -0.508 e. The molecule has 3 N–H and O–H groups in total. The van der Waals surface area contributed by atoms with E-state index in [1.54, 1.807) is 59.1 Å². The molecule has 9 aliphatic rings. The first kappa shape index (κ1) is 107. The molecule has 30 nitrogen and oxygen atoms in total. The van der Waals surface area contributed by atoms with Gasteiger partial charge in [-0.25, -0.2) is 9.59 Å². The highest BCUT2D eigenvalue weighted by Crippen LogP contribution is 2.63. The Balaban J connectivity index is 0.000000247. The number of aromatic hydroxyl groups is 2. The number of aliphatic carboxylic acids is 1. The first-order valence-electron chi connectivity index (χ1n) is 46.1. The van der Waals surface area contributed by atoms with Crippen molar-refractivity contribution in [3.05, 3.63) is 48.5 Å². The Labute approximate surface area is 751 Å². The van der Waals surface area contributed by atoms with E-state index in [1.807, 2.05) is 125 Å². The van der Waals surface area contributed by atoms with E-state index in [-0.39, 0.29) is 113 Å². The Hall–Kier alpha value is -8.48. The zero-order valence-electron chi connectivity index (χ0n) is 79.6. The molecule has 0 radical (unpaired) electrons. The van der Waals surface area contributed by atoms with Gasteiger partial charge in [0.25, 0.3) is 0 Å². The van der Waals surface area contributed by atoms with Crippen LogP contribution in [0.2, 0.25) is 0 Å².